The zero-order valence-electron chi connectivity index (χ0n) is 26.6. The van der Waals surface area contributed by atoms with Gasteiger partial charge in [0.1, 0.15) is 6.10 Å². The summed E-state index contributed by atoms with van der Waals surface area (Å²) in [5, 5.41) is 4.14. The number of hydrogen-bond acceptors (Lipinski definition) is 4. The molecule has 0 saturated heterocycles. The molecule has 224 valence electrons. The van der Waals surface area contributed by atoms with Crippen molar-refractivity contribution in [2.45, 2.75) is 157 Å². The summed E-state index contributed by atoms with van der Waals surface area (Å²) in [6, 6.07) is 0. The van der Waals surface area contributed by atoms with Gasteiger partial charge in [-0.2, -0.15) is 0 Å². The van der Waals surface area contributed by atoms with Gasteiger partial charge in [-0.1, -0.05) is 85.7 Å². The van der Waals surface area contributed by atoms with Gasteiger partial charge >= 0.3 is 6.16 Å². The van der Waals surface area contributed by atoms with E-state index < -0.39 is 6.16 Å². The number of fused-ring (bicyclic) bond motifs is 5. The maximum atomic E-state index is 12.5. The van der Waals surface area contributed by atoms with E-state index in [-0.39, 0.29) is 6.10 Å². The van der Waals surface area contributed by atoms with Gasteiger partial charge in [0, 0.05) is 0 Å². The van der Waals surface area contributed by atoms with Crippen molar-refractivity contribution in [3.05, 3.63) is 0 Å². The van der Waals surface area contributed by atoms with E-state index in [9.17, 15) is 4.79 Å². The molecule has 0 aromatic carbocycles. The number of carbonyl (C=O) groups is 1. The van der Waals surface area contributed by atoms with Crippen molar-refractivity contribution in [3.63, 3.8) is 0 Å². The van der Waals surface area contributed by atoms with Crippen LogP contribution in [0.3, 0.4) is 0 Å². The molecule has 9 atom stereocenters. The van der Waals surface area contributed by atoms with Crippen LogP contribution in [0.15, 0.2) is 5.16 Å². The zero-order chi connectivity index (χ0) is 28.2. The van der Waals surface area contributed by atoms with Crippen LogP contribution in [0.25, 0.3) is 0 Å². The number of hydrogen-bond donors (Lipinski definition) is 0. The standard InChI is InChI=1S/C35H61NO3/c1-8-11-27(12-9-2)36-39-33(37)38-28-19-21-34(6)26(23-28)15-16-29-31-18-17-30(25(5)14-10-13-24(3)4)35(31,7)22-20-32(29)34/h24-26,28-32H,8-23H2,1-7H3. The second-order valence-electron chi connectivity index (χ2n) is 15.2. The first-order valence-electron chi connectivity index (χ1n) is 17.1. The van der Waals surface area contributed by atoms with Crippen LogP contribution < -0.4 is 0 Å². The Hall–Kier alpha value is -1.06. The molecule has 4 fully saturated rings. The summed E-state index contributed by atoms with van der Waals surface area (Å²) in [6.07, 6.45) is 19.0. The maximum Gasteiger partial charge on any atom is 0.535 e. The van der Waals surface area contributed by atoms with E-state index in [0.717, 1.165) is 79.7 Å². The second kappa shape index (κ2) is 13.3. The Kier molecular flexibility index (Phi) is 10.5. The van der Waals surface area contributed by atoms with Crippen LogP contribution in [0.4, 0.5) is 4.79 Å². The van der Waals surface area contributed by atoms with Gasteiger partial charge < -0.3 is 4.74 Å². The molecule has 0 radical (unpaired) electrons. The van der Waals surface area contributed by atoms with Crippen LogP contribution in [0.1, 0.15) is 151 Å². The van der Waals surface area contributed by atoms with Crippen molar-refractivity contribution in [3.8, 4) is 0 Å². The minimum Gasteiger partial charge on any atom is -0.429 e. The highest BCUT2D eigenvalue weighted by atomic mass is 16.8. The first-order chi connectivity index (χ1) is 18.6. The molecular weight excluding hydrogens is 482 g/mol. The first kappa shape index (κ1) is 30.9. The van der Waals surface area contributed by atoms with Crippen molar-refractivity contribution in [2.24, 2.45) is 57.4 Å². The van der Waals surface area contributed by atoms with E-state index in [4.69, 9.17) is 9.57 Å². The molecule has 4 saturated carbocycles. The highest BCUT2D eigenvalue weighted by Crippen LogP contribution is 2.68. The normalized spacial score (nSPS) is 38.4. The lowest BCUT2D eigenvalue weighted by Gasteiger charge is -2.61. The summed E-state index contributed by atoms with van der Waals surface area (Å²) in [5.74, 6) is 5.99. The molecule has 0 bridgehead atoms. The average molecular weight is 544 g/mol. The van der Waals surface area contributed by atoms with Gasteiger partial charge in [-0.15, -0.1) is 0 Å². The van der Waals surface area contributed by atoms with Crippen molar-refractivity contribution in [1.82, 2.24) is 0 Å². The van der Waals surface area contributed by atoms with Crippen LogP contribution in [-0.2, 0) is 9.57 Å². The minimum atomic E-state index is -0.602. The fourth-order valence-corrected chi connectivity index (χ4v) is 10.4. The van der Waals surface area contributed by atoms with Crippen molar-refractivity contribution >= 4 is 11.9 Å². The third kappa shape index (κ3) is 6.72. The maximum absolute atomic E-state index is 12.5. The van der Waals surface area contributed by atoms with Crippen LogP contribution in [-0.4, -0.2) is 18.0 Å². The highest BCUT2D eigenvalue weighted by molar-refractivity contribution is 5.84. The van der Waals surface area contributed by atoms with Gasteiger partial charge in [0.05, 0.1) is 5.71 Å². The van der Waals surface area contributed by atoms with Crippen LogP contribution in [0, 0.1) is 52.3 Å². The summed E-state index contributed by atoms with van der Waals surface area (Å²) < 4.78 is 5.83. The van der Waals surface area contributed by atoms with Crippen LogP contribution in [0.2, 0.25) is 0 Å². The largest absolute Gasteiger partial charge is 0.535 e. The molecule has 0 aromatic rings. The lowest BCUT2D eigenvalue weighted by Crippen LogP contribution is -2.54. The average Bonchev–Trinajstić information content (AvgIpc) is 3.25. The van der Waals surface area contributed by atoms with E-state index >= 15 is 0 Å². The summed E-state index contributed by atoms with van der Waals surface area (Å²) in [5.41, 5.74) is 1.93. The Balaban J connectivity index is 1.33. The predicted octanol–water partition coefficient (Wildman–Crippen LogP) is 10.6. The monoisotopic (exact) mass is 543 g/mol. The van der Waals surface area contributed by atoms with Crippen molar-refractivity contribution < 1.29 is 14.4 Å². The molecule has 9 unspecified atom stereocenters. The quantitative estimate of drug-likeness (QED) is 0.113. The molecule has 0 heterocycles. The molecule has 0 aliphatic heterocycles. The molecule has 4 heteroatoms. The fraction of sp³-hybridized carbons (Fsp3) is 0.943. The predicted molar refractivity (Wildman–Crippen MR) is 162 cm³/mol. The molecule has 39 heavy (non-hydrogen) atoms. The second-order valence-corrected chi connectivity index (χ2v) is 15.2. The third-order valence-electron chi connectivity index (χ3n) is 12.4. The Morgan fingerprint density at radius 3 is 2.26 bits per heavy atom. The number of oxime groups is 1. The van der Waals surface area contributed by atoms with E-state index in [1.165, 1.54) is 64.2 Å². The minimum absolute atomic E-state index is 0.0143. The summed E-state index contributed by atoms with van der Waals surface area (Å²) in [4.78, 5) is 17.7. The summed E-state index contributed by atoms with van der Waals surface area (Å²) >= 11 is 0. The van der Waals surface area contributed by atoms with Gasteiger partial charge in [-0.25, -0.2) is 4.79 Å². The third-order valence-corrected chi connectivity index (χ3v) is 12.4. The van der Waals surface area contributed by atoms with Gasteiger partial charge in [-0.3, -0.25) is 4.84 Å². The molecule has 4 aliphatic carbocycles. The smallest absolute Gasteiger partial charge is 0.429 e. The molecule has 0 aromatic heterocycles. The van der Waals surface area contributed by atoms with Gasteiger partial charge in [0.2, 0.25) is 0 Å². The van der Waals surface area contributed by atoms with Crippen molar-refractivity contribution in [1.29, 1.82) is 0 Å². The van der Waals surface area contributed by atoms with Crippen LogP contribution >= 0.6 is 0 Å². The summed E-state index contributed by atoms with van der Waals surface area (Å²) in [6.45, 7) is 16.9. The highest BCUT2D eigenvalue weighted by Gasteiger charge is 2.60. The van der Waals surface area contributed by atoms with E-state index in [2.05, 4.69) is 53.6 Å². The first-order valence-corrected chi connectivity index (χ1v) is 17.1. The molecule has 4 nitrogen and oxygen atoms in total. The van der Waals surface area contributed by atoms with E-state index in [0.29, 0.717) is 16.7 Å². The van der Waals surface area contributed by atoms with E-state index in [1.807, 2.05) is 0 Å². The zero-order valence-corrected chi connectivity index (χ0v) is 26.6. The van der Waals surface area contributed by atoms with Gasteiger partial charge in [0.15, 0.2) is 0 Å². The molecule has 0 N–H and O–H groups in total. The molecular formula is C35H61NO3. The Morgan fingerprint density at radius 2 is 1.56 bits per heavy atom. The summed E-state index contributed by atoms with van der Waals surface area (Å²) in [7, 11) is 0. The van der Waals surface area contributed by atoms with Gasteiger partial charge in [0.25, 0.3) is 0 Å². The number of rotatable bonds is 11. The number of carbonyl (C=O) groups excluding carboxylic acids is 1. The Labute approximate surface area is 240 Å². The fourth-order valence-electron chi connectivity index (χ4n) is 10.4. The topological polar surface area (TPSA) is 47.9 Å². The number of nitrogens with zero attached hydrogens (tertiary/aromatic N) is 1. The lowest BCUT2D eigenvalue weighted by molar-refractivity contribution is -0.132. The number of ether oxygens (including phenoxy) is 1. The lowest BCUT2D eigenvalue weighted by atomic mass is 9.44. The molecule has 0 spiro atoms. The molecule has 4 aliphatic rings. The Morgan fingerprint density at radius 1 is 0.872 bits per heavy atom. The van der Waals surface area contributed by atoms with Crippen LogP contribution in [0.5, 0.6) is 0 Å². The van der Waals surface area contributed by atoms with E-state index in [1.54, 1.807) is 0 Å². The van der Waals surface area contributed by atoms with Crippen molar-refractivity contribution in [2.75, 3.05) is 0 Å². The Bertz CT molecular complexity index is 830. The molecule has 0 amide bonds. The molecule has 4 rings (SSSR count). The SMILES string of the molecule is CCCC(CCC)=NOC(=O)OC1CCC2(C)C(CCC3C2CCC2(C)C(C(C)CCCC(C)C)CCC32)C1. The van der Waals surface area contributed by atoms with Gasteiger partial charge in [-0.05, 0) is 123 Å².